The molecule has 3 rings (SSSR count). The topological polar surface area (TPSA) is 75.4 Å². The Morgan fingerprint density at radius 2 is 1.91 bits per heavy atom. The van der Waals surface area contributed by atoms with Crippen molar-refractivity contribution in [2.45, 2.75) is 50.7 Å². The van der Waals surface area contributed by atoms with E-state index < -0.39 is 0 Å². The van der Waals surface area contributed by atoms with E-state index in [1.54, 1.807) is 4.90 Å². The first-order valence-corrected chi connectivity index (χ1v) is 8.49. The van der Waals surface area contributed by atoms with Crippen LogP contribution in [0.4, 0.5) is 0 Å². The molecule has 3 unspecified atom stereocenters. The zero-order chi connectivity index (χ0) is 16.4. The highest BCUT2D eigenvalue weighted by Gasteiger charge is 2.39. The molecule has 1 aliphatic carbocycles. The number of amides is 2. The van der Waals surface area contributed by atoms with Gasteiger partial charge in [-0.25, -0.2) is 0 Å². The molecule has 1 heterocycles. The summed E-state index contributed by atoms with van der Waals surface area (Å²) < 4.78 is 0. The quantitative estimate of drug-likeness (QED) is 0.866. The third-order valence-corrected chi connectivity index (χ3v) is 4.87. The van der Waals surface area contributed by atoms with Crippen LogP contribution in [0.5, 0.6) is 0 Å². The van der Waals surface area contributed by atoms with Crippen LogP contribution in [0.25, 0.3) is 0 Å². The maximum absolute atomic E-state index is 12.8. The molecule has 0 radical (unpaired) electrons. The van der Waals surface area contributed by atoms with Gasteiger partial charge in [-0.15, -0.1) is 0 Å². The average molecular weight is 315 g/mol. The molecule has 1 saturated carbocycles. The summed E-state index contributed by atoms with van der Waals surface area (Å²) in [6, 6.07) is 9.31. The van der Waals surface area contributed by atoms with Crippen LogP contribution in [0, 0.1) is 5.92 Å². The number of carbonyl (C=O) groups excluding carboxylic acids is 2. The van der Waals surface area contributed by atoms with Crippen molar-refractivity contribution in [3.05, 3.63) is 35.9 Å². The van der Waals surface area contributed by atoms with Gasteiger partial charge in [-0.1, -0.05) is 37.3 Å². The van der Waals surface area contributed by atoms with Crippen molar-refractivity contribution in [1.82, 2.24) is 10.2 Å². The van der Waals surface area contributed by atoms with Crippen molar-refractivity contribution in [2.75, 3.05) is 6.54 Å². The fourth-order valence-electron chi connectivity index (χ4n) is 3.21. The molecule has 5 heteroatoms. The van der Waals surface area contributed by atoms with Crippen molar-refractivity contribution in [1.29, 1.82) is 0 Å². The minimum Gasteiger partial charge on any atom is -0.352 e. The molecular weight excluding hydrogens is 290 g/mol. The minimum atomic E-state index is -0.351. The molecule has 2 amide bonds. The van der Waals surface area contributed by atoms with Gasteiger partial charge in [0.1, 0.15) is 6.04 Å². The van der Waals surface area contributed by atoms with Crippen molar-refractivity contribution in [3.63, 3.8) is 0 Å². The van der Waals surface area contributed by atoms with Crippen LogP contribution >= 0.6 is 0 Å². The Morgan fingerprint density at radius 3 is 2.57 bits per heavy atom. The predicted octanol–water partition coefficient (Wildman–Crippen LogP) is 1.59. The Morgan fingerprint density at radius 1 is 1.22 bits per heavy atom. The number of benzene rings is 1. The Balaban J connectivity index is 1.66. The number of hydrogen-bond donors (Lipinski definition) is 2. The van der Waals surface area contributed by atoms with E-state index >= 15 is 0 Å². The van der Waals surface area contributed by atoms with Crippen molar-refractivity contribution >= 4 is 11.8 Å². The molecule has 0 aromatic heterocycles. The number of nitrogens with one attached hydrogen (secondary N) is 1. The van der Waals surface area contributed by atoms with E-state index in [1.165, 1.54) is 0 Å². The van der Waals surface area contributed by atoms with Gasteiger partial charge in [0.25, 0.3) is 0 Å². The van der Waals surface area contributed by atoms with E-state index in [0.29, 0.717) is 12.6 Å². The van der Waals surface area contributed by atoms with Gasteiger partial charge in [0, 0.05) is 18.6 Å². The maximum atomic E-state index is 12.8. The molecule has 0 bridgehead atoms. The van der Waals surface area contributed by atoms with Gasteiger partial charge in [-0.2, -0.15) is 0 Å². The molecule has 23 heavy (non-hydrogen) atoms. The maximum Gasteiger partial charge on any atom is 0.243 e. The Labute approximate surface area is 137 Å². The number of nitrogens with zero attached hydrogens (tertiary/aromatic N) is 1. The van der Waals surface area contributed by atoms with Gasteiger partial charge < -0.3 is 16.0 Å². The van der Waals surface area contributed by atoms with Crippen LogP contribution in [0.15, 0.2) is 30.3 Å². The molecule has 2 fully saturated rings. The zero-order valence-corrected chi connectivity index (χ0v) is 13.6. The summed E-state index contributed by atoms with van der Waals surface area (Å²) in [5, 5.41) is 3.02. The lowest BCUT2D eigenvalue weighted by atomic mass is 9.94. The fourth-order valence-corrected chi connectivity index (χ4v) is 3.21. The molecule has 1 saturated heterocycles. The van der Waals surface area contributed by atoms with Gasteiger partial charge in [0.15, 0.2) is 0 Å². The van der Waals surface area contributed by atoms with Crippen LogP contribution in [-0.4, -0.2) is 35.3 Å². The van der Waals surface area contributed by atoms with Gasteiger partial charge >= 0.3 is 0 Å². The van der Waals surface area contributed by atoms with Crippen molar-refractivity contribution < 1.29 is 9.59 Å². The van der Waals surface area contributed by atoms with E-state index in [2.05, 4.69) is 5.32 Å². The highest BCUT2D eigenvalue weighted by atomic mass is 16.2. The van der Waals surface area contributed by atoms with E-state index in [4.69, 9.17) is 5.73 Å². The molecule has 1 aliphatic heterocycles. The molecular formula is C18H25N3O2. The van der Waals surface area contributed by atoms with Crippen LogP contribution in [0.3, 0.4) is 0 Å². The van der Waals surface area contributed by atoms with Gasteiger partial charge in [0.05, 0.1) is 5.92 Å². The lowest BCUT2D eigenvalue weighted by Gasteiger charge is -2.29. The van der Waals surface area contributed by atoms with Gasteiger partial charge in [0.2, 0.25) is 11.8 Å². The normalized spacial score (nSPS) is 23.4. The molecule has 2 aliphatic rings. The zero-order valence-electron chi connectivity index (χ0n) is 13.6. The van der Waals surface area contributed by atoms with Crippen LogP contribution in [0.1, 0.15) is 44.2 Å². The molecule has 1 aromatic carbocycles. The third kappa shape index (κ3) is 3.55. The first-order valence-electron chi connectivity index (χ1n) is 8.49. The summed E-state index contributed by atoms with van der Waals surface area (Å²) in [6.45, 7) is 2.50. The third-order valence-electron chi connectivity index (χ3n) is 4.87. The lowest BCUT2D eigenvalue weighted by molar-refractivity contribution is -0.141. The summed E-state index contributed by atoms with van der Waals surface area (Å²) in [5.41, 5.74) is 7.22. The SMILES string of the molecule is CC(C(=O)N1CCCC1C(=O)NC1CC1)C(N)c1ccccc1. The van der Waals surface area contributed by atoms with Crippen LogP contribution < -0.4 is 11.1 Å². The predicted molar refractivity (Wildman–Crippen MR) is 88.4 cm³/mol. The lowest BCUT2D eigenvalue weighted by Crippen LogP contribution is -2.49. The summed E-state index contributed by atoms with van der Waals surface area (Å²) in [4.78, 5) is 26.9. The highest BCUT2D eigenvalue weighted by Crippen LogP contribution is 2.27. The molecule has 3 atom stereocenters. The Bertz CT molecular complexity index is 571. The van der Waals surface area contributed by atoms with E-state index in [9.17, 15) is 9.59 Å². The van der Waals surface area contributed by atoms with Gasteiger partial charge in [-0.3, -0.25) is 9.59 Å². The molecule has 3 N–H and O–H groups in total. The van der Waals surface area contributed by atoms with E-state index in [1.807, 2.05) is 37.3 Å². The number of rotatable bonds is 5. The smallest absolute Gasteiger partial charge is 0.243 e. The van der Waals surface area contributed by atoms with Crippen molar-refractivity contribution in [3.8, 4) is 0 Å². The molecule has 124 valence electrons. The van der Waals surface area contributed by atoms with Crippen molar-refractivity contribution in [2.24, 2.45) is 11.7 Å². The van der Waals surface area contributed by atoms with Crippen LogP contribution in [-0.2, 0) is 9.59 Å². The first-order chi connectivity index (χ1) is 11.1. The summed E-state index contributed by atoms with van der Waals surface area (Å²) in [6.07, 6.45) is 3.74. The monoisotopic (exact) mass is 315 g/mol. The first kappa shape index (κ1) is 16.0. The average Bonchev–Trinajstić information content (AvgIpc) is 3.25. The fraction of sp³-hybridized carbons (Fsp3) is 0.556. The Kier molecular flexibility index (Phi) is 4.66. The van der Waals surface area contributed by atoms with E-state index in [0.717, 1.165) is 31.2 Å². The standard InChI is InChI=1S/C18H25N3O2/c1-12(16(19)13-6-3-2-4-7-13)18(23)21-11-5-8-15(21)17(22)20-14-9-10-14/h2-4,6-7,12,14-16H,5,8-11,19H2,1H3,(H,20,22). The summed E-state index contributed by atoms with van der Waals surface area (Å²) in [5.74, 6) is -0.361. The number of likely N-dealkylation sites (tertiary alicyclic amines) is 1. The highest BCUT2D eigenvalue weighted by molar-refractivity contribution is 5.89. The van der Waals surface area contributed by atoms with Crippen LogP contribution in [0.2, 0.25) is 0 Å². The number of carbonyl (C=O) groups is 2. The second kappa shape index (κ2) is 6.71. The Hall–Kier alpha value is -1.88. The summed E-state index contributed by atoms with van der Waals surface area (Å²) in [7, 11) is 0. The molecule has 0 spiro atoms. The summed E-state index contributed by atoms with van der Waals surface area (Å²) >= 11 is 0. The number of nitrogens with two attached hydrogens (primary N) is 1. The largest absolute Gasteiger partial charge is 0.352 e. The van der Waals surface area contributed by atoms with Gasteiger partial charge in [-0.05, 0) is 31.2 Å². The minimum absolute atomic E-state index is 0.00108. The molecule has 5 nitrogen and oxygen atoms in total. The second-order valence-electron chi connectivity index (χ2n) is 6.70. The second-order valence-corrected chi connectivity index (χ2v) is 6.70. The molecule has 1 aromatic rings. The number of hydrogen-bond acceptors (Lipinski definition) is 3. The van der Waals surface area contributed by atoms with E-state index in [-0.39, 0.29) is 29.8 Å².